The molecule has 0 aromatic rings. The van der Waals surface area contributed by atoms with Gasteiger partial charge in [-0.25, -0.2) is 9.59 Å². The molecular weight excluding hydrogens is 484 g/mol. The topological polar surface area (TPSA) is 146 Å². The number of aliphatic hydroxyl groups is 2. The summed E-state index contributed by atoms with van der Waals surface area (Å²) in [6, 6.07) is 0. The normalized spacial score (nSPS) is 38.2. The molecule has 10 nitrogen and oxygen atoms in total. The van der Waals surface area contributed by atoms with Gasteiger partial charge in [-0.3, -0.25) is 9.59 Å². The number of hydrogen-bond donors (Lipinski definition) is 2. The number of fused-ring (bicyclic) bond motifs is 3. The van der Waals surface area contributed by atoms with Crippen LogP contribution in [0, 0.1) is 11.8 Å². The summed E-state index contributed by atoms with van der Waals surface area (Å²) in [5.74, 6) is -4.06. The van der Waals surface area contributed by atoms with E-state index < -0.39 is 70.8 Å². The summed E-state index contributed by atoms with van der Waals surface area (Å²) >= 11 is 0. The summed E-state index contributed by atoms with van der Waals surface area (Å²) < 4.78 is 22.9. The first kappa shape index (κ1) is 28.8. The van der Waals surface area contributed by atoms with Gasteiger partial charge in [0.05, 0.1) is 5.92 Å². The zero-order valence-electron chi connectivity index (χ0n) is 22.7. The molecule has 0 radical (unpaired) electrons. The van der Waals surface area contributed by atoms with Crippen molar-refractivity contribution in [3.63, 3.8) is 0 Å². The minimum atomic E-state index is -2.45. The third-order valence-corrected chi connectivity index (χ3v) is 8.32. The fourth-order valence-corrected chi connectivity index (χ4v) is 5.60. The Hall–Kier alpha value is -2.72. The van der Waals surface area contributed by atoms with Gasteiger partial charge in [0.2, 0.25) is 0 Å². The van der Waals surface area contributed by atoms with Crippen molar-refractivity contribution in [2.24, 2.45) is 11.8 Å². The summed E-state index contributed by atoms with van der Waals surface area (Å²) in [6.07, 6.45) is -1.63. The van der Waals surface area contributed by atoms with E-state index in [4.69, 9.17) is 18.9 Å². The van der Waals surface area contributed by atoms with Crippen molar-refractivity contribution >= 4 is 23.9 Å². The van der Waals surface area contributed by atoms with Crippen molar-refractivity contribution in [3.05, 3.63) is 22.8 Å². The van der Waals surface area contributed by atoms with E-state index in [0.717, 1.165) is 6.92 Å². The molecular formula is C27H38O10. The van der Waals surface area contributed by atoms with Gasteiger partial charge in [-0.15, -0.1) is 0 Å². The van der Waals surface area contributed by atoms with E-state index in [9.17, 15) is 29.4 Å². The van der Waals surface area contributed by atoms with Gasteiger partial charge in [-0.2, -0.15) is 0 Å². The summed E-state index contributed by atoms with van der Waals surface area (Å²) in [6.45, 7) is 12.4. The molecule has 8 atom stereocenters. The van der Waals surface area contributed by atoms with Crippen LogP contribution in [0.4, 0.5) is 0 Å². The molecule has 10 heteroatoms. The highest BCUT2D eigenvalue weighted by Crippen LogP contribution is 2.56. The highest BCUT2D eigenvalue weighted by Gasteiger charge is 2.74. The van der Waals surface area contributed by atoms with Crippen LogP contribution in [0.2, 0.25) is 0 Å². The molecule has 1 saturated carbocycles. The lowest BCUT2D eigenvalue weighted by Gasteiger charge is -2.41. The van der Waals surface area contributed by atoms with E-state index in [-0.39, 0.29) is 12.8 Å². The van der Waals surface area contributed by atoms with Crippen LogP contribution in [0.15, 0.2) is 22.8 Å². The molecule has 0 spiro atoms. The van der Waals surface area contributed by atoms with E-state index in [1.54, 1.807) is 47.6 Å². The van der Waals surface area contributed by atoms with Crippen molar-refractivity contribution in [1.29, 1.82) is 0 Å². The first-order chi connectivity index (χ1) is 17.0. The molecule has 0 aromatic carbocycles. The Morgan fingerprint density at radius 3 is 2.35 bits per heavy atom. The van der Waals surface area contributed by atoms with Gasteiger partial charge in [0.1, 0.15) is 17.8 Å². The van der Waals surface area contributed by atoms with Crippen molar-refractivity contribution in [2.75, 3.05) is 0 Å². The number of carbonyl (C=O) groups is 4. The lowest BCUT2D eigenvalue weighted by Crippen LogP contribution is -2.64. The number of hydrogen-bond acceptors (Lipinski definition) is 10. The van der Waals surface area contributed by atoms with Crippen LogP contribution in [-0.4, -0.2) is 69.2 Å². The number of allylic oxidation sites excluding steroid dienone is 1. The van der Waals surface area contributed by atoms with Crippen LogP contribution in [-0.2, 0) is 38.1 Å². The van der Waals surface area contributed by atoms with E-state index in [1.165, 1.54) is 6.92 Å². The minimum Gasteiger partial charge on any atom is -0.459 e. The molecule has 0 aromatic heterocycles. The predicted molar refractivity (Wildman–Crippen MR) is 130 cm³/mol. The maximum absolute atomic E-state index is 12.9. The van der Waals surface area contributed by atoms with Gasteiger partial charge in [0.25, 0.3) is 0 Å². The summed E-state index contributed by atoms with van der Waals surface area (Å²) in [7, 11) is 0. The van der Waals surface area contributed by atoms with Crippen LogP contribution >= 0.6 is 0 Å². The fraction of sp³-hybridized carbons (Fsp3) is 0.704. The molecule has 0 amide bonds. The van der Waals surface area contributed by atoms with Crippen LogP contribution in [0.1, 0.15) is 74.7 Å². The molecule has 206 valence electrons. The summed E-state index contributed by atoms with van der Waals surface area (Å²) in [5, 5.41) is 23.4. The summed E-state index contributed by atoms with van der Waals surface area (Å²) in [4.78, 5) is 50.5. The zero-order valence-corrected chi connectivity index (χ0v) is 22.7. The molecule has 0 unspecified atom stereocenters. The molecule has 2 N–H and O–H groups in total. The molecule has 1 saturated heterocycles. The third kappa shape index (κ3) is 4.58. The zero-order chi connectivity index (χ0) is 28.1. The molecule has 3 aliphatic rings. The highest BCUT2D eigenvalue weighted by molar-refractivity contribution is 5.88. The Morgan fingerprint density at radius 2 is 1.81 bits per heavy atom. The lowest BCUT2D eigenvalue weighted by molar-refractivity contribution is -0.212. The second kappa shape index (κ2) is 9.87. The Bertz CT molecular complexity index is 1060. The van der Waals surface area contributed by atoms with E-state index in [1.807, 2.05) is 0 Å². The number of rotatable bonds is 6. The Labute approximate surface area is 217 Å². The number of ether oxygens (including phenoxy) is 4. The van der Waals surface area contributed by atoms with E-state index in [0.29, 0.717) is 23.1 Å². The van der Waals surface area contributed by atoms with Crippen LogP contribution in [0.5, 0.6) is 0 Å². The Kier molecular flexibility index (Phi) is 7.69. The largest absolute Gasteiger partial charge is 0.459 e. The van der Waals surface area contributed by atoms with Crippen molar-refractivity contribution < 1.29 is 48.3 Å². The van der Waals surface area contributed by atoms with Crippen LogP contribution in [0.25, 0.3) is 0 Å². The average Bonchev–Trinajstić information content (AvgIpc) is 3.20. The minimum absolute atomic E-state index is 0.173. The quantitative estimate of drug-likeness (QED) is 0.231. The molecule has 37 heavy (non-hydrogen) atoms. The fourth-order valence-electron chi connectivity index (χ4n) is 5.60. The SMILES string of the molecule is CC=C(C)C(=O)O[C@H]1C[C@@H]2C(=C1C)[C@@H]1OC(=O)[C@](C)(O)[C@@]1(O)[C@H](OC(=O)[C@H](C)CC)C[C@@]2(C)OC(C)=O. The smallest absolute Gasteiger partial charge is 0.341 e. The van der Waals surface area contributed by atoms with Crippen molar-refractivity contribution in [1.82, 2.24) is 0 Å². The second-order valence-corrected chi connectivity index (χ2v) is 10.8. The van der Waals surface area contributed by atoms with Crippen LogP contribution in [0.3, 0.4) is 0 Å². The highest BCUT2D eigenvalue weighted by atomic mass is 16.6. The maximum Gasteiger partial charge on any atom is 0.341 e. The number of esters is 4. The standard InChI is InChI=1S/C27H38O10/c1-9-13(3)22(29)34-18-11-17-20(15(18)5)21-27(33,26(8,32)24(31)36-21)19(35-23(30)14(4)10-2)12-25(17,7)37-16(6)28/h9,14,17-19,21,32-33H,10-12H2,1-8H3/t14-,17-,18+,19-,21+,25-,26+,27-/m1/s1. The Morgan fingerprint density at radius 1 is 1.19 bits per heavy atom. The number of carbonyl (C=O) groups excluding carboxylic acids is 4. The second-order valence-electron chi connectivity index (χ2n) is 10.8. The van der Waals surface area contributed by atoms with Crippen molar-refractivity contribution in [2.45, 2.75) is 110 Å². The van der Waals surface area contributed by atoms with E-state index in [2.05, 4.69) is 0 Å². The predicted octanol–water partition coefficient (Wildman–Crippen LogP) is 2.29. The van der Waals surface area contributed by atoms with Gasteiger partial charge in [-0.05, 0) is 58.6 Å². The molecule has 0 bridgehead atoms. The average molecular weight is 523 g/mol. The molecule has 1 heterocycles. The molecule has 3 rings (SSSR count). The van der Waals surface area contributed by atoms with Gasteiger partial charge < -0.3 is 29.2 Å². The maximum atomic E-state index is 12.9. The van der Waals surface area contributed by atoms with Crippen LogP contribution < -0.4 is 0 Å². The molecule has 2 aliphatic carbocycles. The van der Waals surface area contributed by atoms with Gasteiger partial charge in [-0.1, -0.05) is 19.9 Å². The van der Waals surface area contributed by atoms with Gasteiger partial charge in [0.15, 0.2) is 17.3 Å². The monoisotopic (exact) mass is 522 g/mol. The molecule has 2 fully saturated rings. The first-order valence-corrected chi connectivity index (χ1v) is 12.6. The van der Waals surface area contributed by atoms with Gasteiger partial charge in [0, 0.05) is 24.8 Å². The third-order valence-electron chi connectivity index (χ3n) is 8.32. The first-order valence-electron chi connectivity index (χ1n) is 12.6. The lowest BCUT2D eigenvalue weighted by atomic mass is 9.75. The van der Waals surface area contributed by atoms with Gasteiger partial charge >= 0.3 is 23.9 Å². The molecule has 1 aliphatic heterocycles. The summed E-state index contributed by atoms with van der Waals surface area (Å²) in [5.41, 5.74) is -4.94. The van der Waals surface area contributed by atoms with Crippen molar-refractivity contribution in [3.8, 4) is 0 Å². The van der Waals surface area contributed by atoms with E-state index >= 15 is 0 Å². The Balaban J connectivity index is 2.21.